The first-order chi connectivity index (χ1) is 15.7. The maximum atomic E-state index is 9.08. The number of aromatic nitrogens is 1. The van der Waals surface area contributed by atoms with Gasteiger partial charge in [-0.25, -0.2) is 8.42 Å². The zero-order chi connectivity index (χ0) is 24.0. The summed E-state index contributed by atoms with van der Waals surface area (Å²) in [6.07, 6.45) is 3.97. The molecular formula is C25H34N2O5S. The van der Waals surface area contributed by atoms with Crippen LogP contribution in [0.1, 0.15) is 41.3 Å². The van der Waals surface area contributed by atoms with Crippen molar-refractivity contribution in [1.29, 1.82) is 0 Å². The highest BCUT2D eigenvalue weighted by molar-refractivity contribution is 7.84. The third kappa shape index (κ3) is 6.88. The third-order valence-corrected chi connectivity index (χ3v) is 6.00. The largest absolute Gasteiger partial charge is 0.748 e. The number of benzene rings is 2. The predicted octanol–water partition coefficient (Wildman–Crippen LogP) is 2.87. The second-order valence-corrected chi connectivity index (χ2v) is 9.93. The quantitative estimate of drug-likeness (QED) is 0.420. The summed E-state index contributed by atoms with van der Waals surface area (Å²) < 4.78 is 40.8. The van der Waals surface area contributed by atoms with E-state index < -0.39 is 10.1 Å². The number of hydrogen-bond acceptors (Lipinski definition) is 5. The van der Waals surface area contributed by atoms with Crippen molar-refractivity contribution in [1.82, 2.24) is 4.57 Å². The summed E-state index contributed by atoms with van der Waals surface area (Å²) in [6.45, 7) is 3.90. The first kappa shape index (κ1) is 25.4. The average Bonchev–Trinajstić information content (AvgIpc) is 3.09. The highest BCUT2D eigenvalue weighted by atomic mass is 32.2. The number of nitrogens with two attached hydrogens (primary N) is 1. The standard InChI is InChI=1S/C24H30N2O2.CH4O3S/c1-17-12-13-22-20(14-17)19-10-7-11-21(25-15-18-8-5-4-6-9-18)24(19)26(22)16-23(27-2)28-3;1-5(2,3)4/h4-6,8-9,12-14,21,23,25H,7,10-11,15-16H2,1-3H3;1H3,(H,2,3,4). The van der Waals surface area contributed by atoms with Gasteiger partial charge in [-0.1, -0.05) is 42.0 Å². The van der Waals surface area contributed by atoms with Gasteiger partial charge >= 0.3 is 0 Å². The molecule has 1 atom stereocenters. The number of hydrogen-bond donors (Lipinski definition) is 1. The molecule has 180 valence electrons. The SMILES string of the molecule is COC(Cn1c2c(c3cc(C)ccc31)CCCC2[NH2+]Cc1ccccc1)OC.CS(=O)(=O)[O-]. The maximum Gasteiger partial charge on any atom is 0.174 e. The van der Waals surface area contributed by atoms with Gasteiger partial charge < -0.3 is 23.9 Å². The van der Waals surface area contributed by atoms with Crippen molar-refractivity contribution in [3.05, 3.63) is 70.9 Å². The van der Waals surface area contributed by atoms with E-state index in [-0.39, 0.29) is 6.29 Å². The molecule has 0 aliphatic heterocycles. The normalized spacial score (nSPS) is 15.9. The molecule has 7 nitrogen and oxygen atoms in total. The smallest absolute Gasteiger partial charge is 0.174 e. The van der Waals surface area contributed by atoms with Crippen LogP contribution in [-0.2, 0) is 39.1 Å². The zero-order valence-corrected chi connectivity index (χ0v) is 20.6. The molecule has 4 rings (SSSR count). The van der Waals surface area contributed by atoms with Gasteiger partial charge in [-0.05, 0) is 37.5 Å². The summed E-state index contributed by atoms with van der Waals surface area (Å²) >= 11 is 0. The van der Waals surface area contributed by atoms with Crippen molar-refractivity contribution in [3.63, 3.8) is 0 Å². The topological polar surface area (TPSA) is 97.2 Å². The number of nitrogens with zero attached hydrogens (tertiary/aromatic N) is 1. The Bertz CT molecular complexity index is 1150. The van der Waals surface area contributed by atoms with Gasteiger partial charge in [-0.3, -0.25) is 0 Å². The molecule has 8 heteroatoms. The van der Waals surface area contributed by atoms with E-state index in [9.17, 15) is 0 Å². The van der Waals surface area contributed by atoms with E-state index in [2.05, 4.69) is 65.3 Å². The van der Waals surface area contributed by atoms with E-state index in [1.165, 1.54) is 46.1 Å². The minimum atomic E-state index is -3.92. The van der Waals surface area contributed by atoms with Crippen LogP contribution in [0.5, 0.6) is 0 Å². The van der Waals surface area contributed by atoms with E-state index in [1.54, 1.807) is 14.2 Å². The Hall–Kier alpha value is -2.23. The van der Waals surface area contributed by atoms with Crippen LogP contribution >= 0.6 is 0 Å². The van der Waals surface area contributed by atoms with Gasteiger partial charge in [-0.2, -0.15) is 0 Å². The molecule has 3 aromatic rings. The fraction of sp³-hybridized carbons (Fsp3) is 0.440. The Morgan fingerprint density at radius 3 is 2.45 bits per heavy atom. The second-order valence-electron chi connectivity index (χ2n) is 8.52. The van der Waals surface area contributed by atoms with Crippen LogP contribution in [0.2, 0.25) is 0 Å². The summed E-state index contributed by atoms with van der Waals surface area (Å²) in [7, 11) is -0.481. The average molecular weight is 475 g/mol. The molecule has 0 saturated heterocycles. The lowest BCUT2D eigenvalue weighted by Crippen LogP contribution is -2.84. The molecule has 1 heterocycles. The summed E-state index contributed by atoms with van der Waals surface area (Å²) in [5, 5.41) is 3.91. The van der Waals surface area contributed by atoms with Gasteiger partial charge in [0, 0.05) is 43.4 Å². The number of fused-ring (bicyclic) bond motifs is 3. The van der Waals surface area contributed by atoms with E-state index >= 15 is 0 Å². The molecule has 1 unspecified atom stereocenters. The van der Waals surface area contributed by atoms with Crippen molar-refractivity contribution in [2.24, 2.45) is 0 Å². The zero-order valence-electron chi connectivity index (χ0n) is 19.8. The molecule has 1 aliphatic rings. The fourth-order valence-corrected chi connectivity index (χ4v) is 4.59. The Labute approximate surface area is 196 Å². The Morgan fingerprint density at radius 1 is 1.15 bits per heavy atom. The van der Waals surface area contributed by atoms with Crippen molar-refractivity contribution >= 4 is 21.0 Å². The Balaban J connectivity index is 0.000000555. The summed E-state index contributed by atoms with van der Waals surface area (Å²) in [5.74, 6) is 0. The fourth-order valence-electron chi connectivity index (χ4n) is 4.59. The number of methoxy groups -OCH3 is 2. The second kappa shape index (κ2) is 11.3. The first-order valence-corrected chi connectivity index (χ1v) is 13.0. The van der Waals surface area contributed by atoms with Crippen molar-refractivity contribution in [2.45, 2.75) is 51.6 Å². The summed E-state index contributed by atoms with van der Waals surface area (Å²) in [6, 6.07) is 18.0. The molecule has 0 saturated carbocycles. The molecule has 2 N–H and O–H groups in total. The van der Waals surface area contributed by atoms with E-state index in [0.29, 0.717) is 12.3 Å². The molecule has 0 radical (unpaired) electrons. The molecule has 0 spiro atoms. The number of quaternary nitrogens is 1. The number of aryl methyl sites for hydroxylation is 2. The Kier molecular flexibility index (Phi) is 8.67. The Morgan fingerprint density at radius 2 is 1.82 bits per heavy atom. The molecule has 1 aliphatic carbocycles. The van der Waals surface area contributed by atoms with Crippen LogP contribution in [0.4, 0.5) is 0 Å². The van der Waals surface area contributed by atoms with Crippen LogP contribution in [0.15, 0.2) is 48.5 Å². The molecule has 2 aromatic carbocycles. The molecule has 33 heavy (non-hydrogen) atoms. The van der Waals surface area contributed by atoms with Gasteiger partial charge in [0.05, 0.1) is 22.4 Å². The van der Waals surface area contributed by atoms with Crippen LogP contribution in [0.3, 0.4) is 0 Å². The van der Waals surface area contributed by atoms with Crippen LogP contribution in [0.25, 0.3) is 10.9 Å². The van der Waals surface area contributed by atoms with Gasteiger partial charge in [0.1, 0.15) is 12.6 Å². The van der Waals surface area contributed by atoms with Crippen molar-refractivity contribution < 1.29 is 27.8 Å². The number of rotatable bonds is 7. The highest BCUT2D eigenvalue weighted by Gasteiger charge is 2.30. The molecule has 0 bridgehead atoms. The lowest BCUT2D eigenvalue weighted by Gasteiger charge is -2.25. The molecular weight excluding hydrogens is 440 g/mol. The van der Waals surface area contributed by atoms with E-state index in [0.717, 1.165) is 19.5 Å². The highest BCUT2D eigenvalue weighted by Crippen LogP contribution is 2.36. The lowest BCUT2D eigenvalue weighted by molar-refractivity contribution is -0.713. The summed E-state index contributed by atoms with van der Waals surface area (Å²) in [5.41, 5.74) is 6.97. The van der Waals surface area contributed by atoms with Crippen LogP contribution < -0.4 is 5.32 Å². The van der Waals surface area contributed by atoms with Gasteiger partial charge in [0.15, 0.2) is 6.29 Å². The van der Waals surface area contributed by atoms with Crippen LogP contribution in [0, 0.1) is 6.92 Å². The molecule has 0 fully saturated rings. The van der Waals surface area contributed by atoms with Crippen molar-refractivity contribution in [2.75, 3.05) is 20.5 Å². The minimum absolute atomic E-state index is 0.238. The summed E-state index contributed by atoms with van der Waals surface area (Å²) in [4.78, 5) is 0. The minimum Gasteiger partial charge on any atom is -0.748 e. The van der Waals surface area contributed by atoms with Gasteiger partial charge in [-0.15, -0.1) is 0 Å². The maximum absolute atomic E-state index is 9.08. The predicted molar refractivity (Wildman–Crippen MR) is 128 cm³/mol. The lowest BCUT2D eigenvalue weighted by atomic mass is 9.91. The van der Waals surface area contributed by atoms with E-state index in [4.69, 9.17) is 22.4 Å². The molecule has 0 amide bonds. The third-order valence-electron chi connectivity index (χ3n) is 6.00. The van der Waals surface area contributed by atoms with Gasteiger partial charge in [0.2, 0.25) is 0 Å². The van der Waals surface area contributed by atoms with E-state index in [1.807, 2.05) is 0 Å². The number of ether oxygens (including phenoxy) is 2. The first-order valence-electron chi connectivity index (χ1n) is 11.2. The molecule has 1 aromatic heterocycles. The monoisotopic (exact) mass is 474 g/mol. The van der Waals surface area contributed by atoms with Gasteiger partial charge in [0.25, 0.3) is 0 Å². The van der Waals surface area contributed by atoms with Crippen LogP contribution in [-0.4, -0.2) is 44.3 Å². The van der Waals surface area contributed by atoms with Crippen molar-refractivity contribution in [3.8, 4) is 0 Å².